The Balaban J connectivity index is 2.21. The van der Waals surface area contributed by atoms with Crippen LogP contribution in [0.2, 0.25) is 0 Å². The van der Waals surface area contributed by atoms with Gasteiger partial charge in [0.2, 0.25) is 5.88 Å². The molecule has 1 unspecified atom stereocenters. The number of carbonyl (C=O) groups excluding carboxylic acids is 1. The molecule has 6 nitrogen and oxygen atoms in total. The van der Waals surface area contributed by atoms with E-state index < -0.39 is 9.84 Å². The Morgan fingerprint density at radius 2 is 2.30 bits per heavy atom. The Morgan fingerprint density at radius 3 is 2.85 bits per heavy atom. The van der Waals surface area contributed by atoms with Gasteiger partial charge >= 0.3 is 0 Å². The molecule has 0 saturated carbocycles. The number of aromatic nitrogens is 1. The number of methoxy groups -OCH3 is 1. The first-order chi connectivity index (χ1) is 9.46. The fraction of sp³-hybridized carbons (Fsp3) is 0.538. The summed E-state index contributed by atoms with van der Waals surface area (Å²) in [5.41, 5.74) is 0.461. The number of hydrogen-bond acceptors (Lipinski definition) is 5. The Kier molecular flexibility index (Phi) is 4.27. The van der Waals surface area contributed by atoms with Crippen LogP contribution in [0.4, 0.5) is 0 Å². The summed E-state index contributed by atoms with van der Waals surface area (Å²) < 4.78 is 28.1. The molecule has 0 radical (unpaired) electrons. The first kappa shape index (κ1) is 14.8. The molecule has 1 fully saturated rings. The summed E-state index contributed by atoms with van der Waals surface area (Å²) in [6.07, 6.45) is 2.01. The van der Waals surface area contributed by atoms with Crippen molar-refractivity contribution in [2.45, 2.75) is 19.4 Å². The summed E-state index contributed by atoms with van der Waals surface area (Å²) in [7, 11) is -1.53. The highest BCUT2D eigenvalue weighted by Crippen LogP contribution is 2.20. The van der Waals surface area contributed by atoms with Gasteiger partial charge in [0.15, 0.2) is 9.84 Å². The van der Waals surface area contributed by atoms with Crippen LogP contribution in [0, 0.1) is 0 Å². The van der Waals surface area contributed by atoms with Gasteiger partial charge in [-0.15, -0.1) is 0 Å². The minimum absolute atomic E-state index is 0.0504. The van der Waals surface area contributed by atoms with E-state index in [0.717, 1.165) is 0 Å². The highest BCUT2D eigenvalue weighted by Gasteiger charge is 2.34. The minimum Gasteiger partial charge on any atom is -0.481 e. The van der Waals surface area contributed by atoms with Gasteiger partial charge in [-0.1, -0.05) is 0 Å². The standard InChI is InChI=1S/C13H18N2O4S/c1-3-15(11-5-7-20(17,18)9-11)13(16)10-4-6-14-12(8-10)19-2/h4,6,8,11H,3,5,7,9H2,1-2H3. The van der Waals surface area contributed by atoms with Crippen LogP contribution < -0.4 is 4.74 Å². The molecule has 1 aromatic rings. The normalized spacial score (nSPS) is 20.6. The third kappa shape index (κ3) is 3.09. The number of pyridine rings is 1. The van der Waals surface area contributed by atoms with Gasteiger partial charge in [0, 0.05) is 30.4 Å². The zero-order valence-electron chi connectivity index (χ0n) is 11.6. The van der Waals surface area contributed by atoms with E-state index in [1.54, 1.807) is 17.0 Å². The van der Waals surface area contributed by atoms with Crippen LogP contribution >= 0.6 is 0 Å². The van der Waals surface area contributed by atoms with E-state index in [1.165, 1.54) is 13.3 Å². The molecule has 1 amide bonds. The summed E-state index contributed by atoms with van der Waals surface area (Å²) >= 11 is 0. The molecule has 110 valence electrons. The smallest absolute Gasteiger partial charge is 0.254 e. The Hall–Kier alpha value is -1.63. The second-order valence-electron chi connectivity index (χ2n) is 4.73. The lowest BCUT2D eigenvalue weighted by molar-refractivity contribution is 0.0708. The number of ether oxygens (including phenoxy) is 1. The molecule has 0 spiro atoms. The van der Waals surface area contributed by atoms with Crippen LogP contribution in [0.3, 0.4) is 0 Å². The van der Waals surface area contributed by atoms with E-state index in [1.807, 2.05) is 6.92 Å². The minimum atomic E-state index is -3.01. The van der Waals surface area contributed by atoms with Crippen molar-refractivity contribution in [1.29, 1.82) is 0 Å². The van der Waals surface area contributed by atoms with E-state index in [2.05, 4.69) is 4.98 Å². The SMILES string of the molecule is CCN(C(=O)c1ccnc(OC)c1)C1CCS(=O)(=O)C1. The molecule has 7 heteroatoms. The Labute approximate surface area is 118 Å². The van der Waals surface area contributed by atoms with Crippen LogP contribution in [-0.2, 0) is 9.84 Å². The van der Waals surface area contributed by atoms with Gasteiger partial charge in [-0.25, -0.2) is 13.4 Å². The van der Waals surface area contributed by atoms with Crippen molar-refractivity contribution in [2.24, 2.45) is 0 Å². The van der Waals surface area contributed by atoms with Gasteiger partial charge in [0.25, 0.3) is 5.91 Å². The predicted octanol–water partition coefficient (Wildman–Crippen LogP) is 0.739. The molecular weight excluding hydrogens is 280 g/mol. The van der Waals surface area contributed by atoms with Crippen molar-refractivity contribution >= 4 is 15.7 Å². The van der Waals surface area contributed by atoms with Crippen LogP contribution in [0.5, 0.6) is 5.88 Å². The first-order valence-electron chi connectivity index (χ1n) is 6.48. The average molecular weight is 298 g/mol. The summed E-state index contributed by atoms with van der Waals surface area (Å²) in [5.74, 6) is 0.386. The lowest BCUT2D eigenvalue weighted by Gasteiger charge is -2.26. The summed E-state index contributed by atoms with van der Waals surface area (Å²) in [6.45, 7) is 2.32. The highest BCUT2D eigenvalue weighted by atomic mass is 32.2. The molecule has 1 saturated heterocycles. The molecule has 1 atom stereocenters. The summed E-state index contributed by atoms with van der Waals surface area (Å²) in [4.78, 5) is 18.1. The third-order valence-electron chi connectivity index (χ3n) is 3.44. The molecular formula is C13H18N2O4S. The summed E-state index contributed by atoms with van der Waals surface area (Å²) in [6, 6.07) is 2.93. The van der Waals surface area contributed by atoms with Crippen LogP contribution in [0.15, 0.2) is 18.3 Å². The van der Waals surface area contributed by atoms with E-state index in [0.29, 0.717) is 24.4 Å². The Morgan fingerprint density at radius 1 is 1.55 bits per heavy atom. The largest absolute Gasteiger partial charge is 0.481 e. The predicted molar refractivity (Wildman–Crippen MR) is 74.6 cm³/mol. The van der Waals surface area contributed by atoms with Crippen LogP contribution in [0.25, 0.3) is 0 Å². The van der Waals surface area contributed by atoms with Crippen LogP contribution in [0.1, 0.15) is 23.7 Å². The fourth-order valence-electron chi connectivity index (χ4n) is 2.41. The maximum atomic E-state index is 12.5. The topological polar surface area (TPSA) is 76.6 Å². The zero-order valence-corrected chi connectivity index (χ0v) is 12.4. The molecule has 0 aliphatic carbocycles. The lowest BCUT2D eigenvalue weighted by Crippen LogP contribution is -2.41. The van der Waals surface area contributed by atoms with Crippen molar-refractivity contribution in [1.82, 2.24) is 9.88 Å². The number of amides is 1. The lowest BCUT2D eigenvalue weighted by atomic mass is 10.1. The average Bonchev–Trinajstić information content (AvgIpc) is 2.79. The molecule has 2 rings (SSSR count). The molecule has 0 bridgehead atoms. The molecule has 20 heavy (non-hydrogen) atoms. The van der Waals surface area contributed by atoms with Gasteiger partial charge in [-0.3, -0.25) is 4.79 Å². The van der Waals surface area contributed by atoms with E-state index in [4.69, 9.17) is 4.74 Å². The van der Waals surface area contributed by atoms with Gasteiger partial charge in [0.05, 0.1) is 18.6 Å². The van der Waals surface area contributed by atoms with Gasteiger partial charge in [-0.05, 0) is 19.4 Å². The fourth-order valence-corrected chi connectivity index (χ4v) is 4.14. The molecule has 1 aromatic heterocycles. The van der Waals surface area contributed by atoms with Crippen molar-refractivity contribution in [2.75, 3.05) is 25.2 Å². The van der Waals surface area contributed by atoms with Crippen molar-refractivity contribution in [3.8, 4) is 5.88 Å². The van der Waals surface area contributed by atoms with E-state index in [9.17, 15) is 13.2 Å². The molecule has 0 aromatic carbocycles. The van der Waals surface area contributed by atoms with Crippen molar-refractivity contribution < 1.29 is 17.9 Å². The van der Waals surface area contributed by atoms with Gasteiger partial charge in [-0.2, -0.15) is 0 Å². The maximum absolute atomic E-state index is 12.5. The second kappa shape index (κ2) is 5.78. The maximum Gasteiger partial charge on any atom is 0.254 e. The van der Waals surface area contributed by atoms with Crippen molar-refractivity contribution in [3.63, 3.8) is 0 Å². The first-order valence-corrected chi connectivity index (χ1v) is 8.30. The molecule has 1 aliphatic rings. The summed E-state index contributed by atoms with van der Waals surface area (Å²) in [5, 5.41) is 0. The quantitative estimate of drug-likeness (QED) is 0.819. The number of rotatable bonds is 4. The number of sulfone groups is 1. The van der Waals surface area contributed by atoms with Crippen LogP contribution in [-0.4, -0.2) is 55.4 Å². The number of carbonyl (C=O) groups is 1. The monoisotopic (exact) mass is 298 g/mol. The molecule has 2 heterocycles. The molecule has 0 N–H and O–H groups in total. The second-order valence-corrected chi connectivity index (χ2v) is 6.96. The van der Waals surface area contributed by atoms with Gasteiger partial charge < -0.3 is 9.64 Å². The Bertz CT molecular complexity index is 600. The van der Waals surface area contributed by atoms with Crippen molar-refractivity contribution in [3.05, 3.63) is 23.9 Å². The van der Waals surface area contributed by atoms with Gasteiger partial charge in [0.1, 0.15) is 0 Å². The molecule has 1 aliphatic heterocycles. The number of hydrogen-bond donors (Lipinski definition) is 0. The number of nitrogens with zero attached hydrogens (tertiary/aromatic N) is 2. The van der Waals surface area contributed by atoms with E-state index >= 15 is 0 Å². The third-order valence-corrected chi connectivity index (χ3v) is 5.19. The zero-order chi connectivity index (χ0) is 14.8. The highest BCUT2D eigenvalue weighted by molar-refractivity contribution is 7.91. The van der Waals surface area contributed by atoms with E-state index in [-0.39, 0.29) is 23.5 Å².